The molecule has 0 saturated carbocycles. The molecule has 0 amide bonds. The van der Waals surface area contributed by atoms with Crippen LogP contribution in [0.1, 0.15) is 6.92 Å². The lowest BCUT2D eigenvalue weighted by Crippen LogP contribution is -2.43. The molecule has 100 valence electrons. The minimum Gasteiger partial charge on any atom is -0.376 e. The van der Waals surface area contributed by atoms with Crippen molar-refractivity contribution in [2.24, 2.45) is 0 Å². The van der Waals surface area contributed by atoms with E-state index in [2.05, 4.69) is 4.90 Å². The second-order valence-corrected chi connectivity index (χ2v) is 6.72. The van der Waals surface area contributed by atoms with E-state index in [1.807, 2.05) is 13.0 Å². The fourth-order valence-corrected chi connectivity index (χ4v) is 3.39. The highest BCUT2D eigenvalue weighted by Crippen LogP contribution is 2.11. The van der Waals surface area contributed by atoms with Crippen LogP contribution in [0.2, 0.25) is 0 Å². The summed E-state index contributed by atoms with van der Waals surface area (Å²) in [7, 11) is -3.16. The number of benzene rings is 1. The molecule has 1 fully saturated rings. The van der Waals surface area contributed by atoms with Crippen LogP contribution in [-0.4, -0.2) is 51.4 Å². The fourth-order valence-electron chi connectivity index (χ4n) is 2.09. The van der Waals surface area contributed by atoms with Crippen molar-refractivity contribution in [3.05, 3.63) is 30.3 Å². The lowest BCUT2D eigenvalue weighted by molar-refractivity contribution is -0.0160. The van der Waals surface area contributed by atoms with Gasteiger partial charge in [-0.3, -0.25) is 4.90 Å². The summed E-state index contributed by atoms with van der Waals surface area (Å²) < 4.78 is 29.6. The maximum absolute atomic E-state index is 12.1. The van der Waals surface area contributed by atoms with E-state index in [1.165, 1.54) is 0 Å². The molecule has 4 nitrogen and oxygen atoms in total. The molecule has 5 heteroatoms. The van der Waals surface area contributed by atoms with Crippen molar-refractivity contribution in [3.63, 3.8) is 0 Å². The molecule has 0 bridgehead atoms. The molecule has 1 aromatic carbocycles. The van der Waals surface area contributed by atoms with Gasteiger partial charge in [-0.25, -0.2) is 8.42 Å². The lowest BCUT2D eigenvalue weighted by atomic mass is 10.3. The predicted octanol–water partition coefficient (Wildman–Crippen LogP) is 1.18. The van der Waals surface area contributed by atoms with Gasteiger partial charge in [0.2, 0.25) is 0 Å². The summed E-state index contributed by atoms with van der Waals surface area (Å²) in [6, 6.07) is 8.63. The number of hydrogen-bond donors (Lipinski definition) is 0. The van der Waals surface area contributed by atoms with Gasteiger partial charge in [0.15, 0.2) is 9.84 Å². The number of morpholine rings is 1. The van der Waals surface area contributed by atoms with Crippen molar-refractivity contribution in [1.82, 2.24) is 4.90 Å². The molecule has 1 heterocycles. The zero-order chi connectivity index (χ0) is 13.0. The normalized spacial score (nSPS) is 21.9. The van der Waals surface area contributed by atoms with E-state index in [9.17, 15) is 8.42 Å². The summed E-state index contributed by atoms with van der Waals surface area (Å²) in [5.41, 5.74) is 0. The van der Waals surface area contributed by atoms with Crippen LogP contribution in [0.5, 0.6) is 0 Å². The first-order chi connectivity index (χ1) is 8.58. The molecule has 0 aromatic heterocycles. The molecule has 1 atom stereocenters. The van der Waals surface area contributed by atoms with Crippen LogP contribution in [-0.2, 0) is 14.6 Å². The van der Waals surface area contributed by atoms with Crippen LogP contribution in [0.15, 0.2) is 35.2 Å². The van der Waals surface area contributed by atoms with Crippen molar-refractivity contribution < 1.29 is 13.2 Å². The Bertz CT molecular complexity index is 472. The topological polar surface area (TPSA) is 46.6 Å². The van der Waals surface area contributed by atoms with Crippen LogP contribution >= 0.6 is 0 Å². The Balaban J connectivity index is 1.93. The summed E-state index contributed by atoms with van der Waals surface area (Å²) in [4.78, 5) is 2.56. The average Bonchev–Trinajstić information content (AvgIpc) is 2.38. The Morgan fingerprint density at radius 2 is 2.06 bits per heavy atom. The van der Waals surface area contributed by atoms with Gasteiger partial charge < -0.3 is 4.74 Å². The molecule has 2 rings (SSSR count). The third-order valence-corrected chi connectivity index (χ3v) is 4.81. The molecular weight excluding hydrogens is 250 g/mol. The third-order valence-electron chi connectivity index (χ3n) is 3.10. The van der Waals surface area contributed by atoms with Crippen LogP contribution < -0.4 is 0 Å². The molecule has 0 aliphatic carbocycles. The van der Waals surface area contributed by atoms with E-state index < -0.39 is 9.84 Å². The standard InChI is InChI=1S/C13H19NO3S/c1-12-11-14(7-9-17-12)8-10-18(15,16)13-5-3-2-4-6-13/h2-6,12H,7-11H2,1H3/t12-/m1/s1. The molecule has 0 N–H and O–H groups in total. The van der Waals surface area contributed by atoms with E-state index in [0.717, 1.165) is 13.1 Å². The third kappa shape index (κ3) is 3.54. The number of rotatable bonds is 4. The van der Waals surface area contributed by atoms with E-state index >= 15 is 0 Å². The second-order valence-electron chi connectivity index (χ2n) is 4.61. The molecule has 1 saturated heterocycles. The van der Waals surface area contributed by atoms with Gasteiger partial charge in [0.1, 0.15) is 0 Å². The zero-order valence-electron chi connectivity index (χ0n) is 10.6. The number of hydrogen-bond acceptors (Lipinski definition) is 4. The van der Waals surface area contributed by atoms with Crippen molar-refractivity contribution >= 4 is 9.84 Å². The van der Waals surface area contributed by atoms with E-state index in [0.29, 0.717) is 18.0 Å². The Labute approximate surface area is 108 Å². The second kappa shape index (κ2) is 5.82. The monoisotopic (exact) mass is 269 g/mol. The lowest BCUT2D eigenvalue weighted by Gasteiger charge is -2.30. The van der Waals surface area contributed by atoms with Crippen molar-refractivity contribution in [2.45, 2.75) is 17.9 Å². The minimum absolute atomic E-state index is 0.170. The number of sulfone groups is 1. The summed E-state index contributed by atoms with van der Waals surface area (Å²) in [5.74, 6) is 0.170. The highest BCUT2D eigenvalue weighted by Gasteiger charge is 2.20. The summed E-state index contributed by atoms with van der Waals surface area (Å²) in [6.07, 6.45) is 0.193. The SMILES string of the molecule is C[C@@H]1CN(CCS(=O)(=O)c2ccccc2)CCO1. The first kappa shape index (κ1) is 13.5. The average molecular weight is 269 g/mol. The van der Waals surface area contributed by atoms with Crippen molar-refractivity contribution in [1.29, 1.82) is 0 Å². The molecule has 0 unspecified atom stereocenters. The largest absolute Gasteiger partial charge is 0.376 e. The van der Waals surface area contributed by atoms with Crippen LogP contribution in [0.4, 0.5) is 0 Å². The zero-order valence-corrected chi connectivity index (χ0v) is 11.4. The molecule has 1 aliphatic heterocycles. The smallest absolute Gasteiger partial charge is 0.179 e. The molecular formula is C13H19NO3S. The van der Waals surface area contributed by atoms with Gasteiger partial charge in [-0.1, -0.05) is 18.2 Å². The highest BCUT2D eigenvalue weighted by molar-refractivity contribution is 7.91. The van der Waals surface area contributed by atoms with E-state index in [1.54, 1.807) is 24.3 Å². The first-order valence-electron chi connectivity index (χ1n) is 6.20. The summed E-state index contributed by atoms with van der Waals surface area (Å²) in [5, 5.41) is 0. The quantitative estimate of drug-likeness (QED) is 0.823. The van der Waals surface area contributed by atoms with Crippen LogP contribution in [0.3, 0.4) is 0 Å². The Hall–Kier alpha value is -0.910. The molecule has 18 heavy (non-hydrogen) atoms. The van der Waals surface area contributed by atoms with E-state index in [4.69, 9.17) is 4.74 Å². The maximum atomic E-state index is 12.1. The summed E-state index contributed by atoms with van der Waals surface area (Å²) in [6.45, 7) is 4.90. The predicted molar refractivity (Wildman–Crippen MR) is 70.3 cm³/mol. The molecule has 0 spiro atoms. The fraction of sp³-hybridized carbons (Fsp3) is 0.538. The van der Waals surface area contributed by atoms with Crippen LogP contribution in [0, 0.1) is 0 Å². The summed E-state index contributed by atoms with van der Waals surface area (Å²) >= 11 is 0. The van der Waals surface area contributed by atoms with Crippen molar-refractivity contribution in [3.8, 4) is 0 Å². The number of nitrogens with zero attached hydrogens (tertiary/aromatic N) is 1. The van der Waals surface area contributed by atoms with Gasteiger partial charge in [0.25, 0.3) is 0 Å². The molecule has 0 radical (unpaired) electrons. The van der Waals surface area contributed by atoms with Gasteiger partial charge in [-0.2, -0.15) is 0 Å². The Morgan fingerprint density at radius 1 is 1.33 bits per heavy atom. The highest BCUT2D eigenvalue weighted by atomic mass is 32.2. The maximum Gasteiger partial charge on any atom is 0.179 e. The van der Waals surface area contributed by atoms with Gasteiger partial charge in [-0.05, 0) is 19.1 Å². The van der Waals surface area contributed by atoms with E-state index in [-0.39, 0.29) is 11.9 Å². The first-order valence-corrected chi connectivity index (χ1v) is 7.85. The van der Waals surface area contributed by atoms with Gasteiger partial charge >= 0.3 is 0 Å². The Morgan fingerprint density at radius 3 is 2.72 bits per heavy atom. The minimum atomic E-state index is -3.16. The van der Waals surface area contributed by atoms with Gasteiger partial charge in [0.05, 0.1) is 23.4 Å². The van der Waals surface area contributed by atoms with Gasteiger partial charge in [0, 0.05) is 19.6 Å². The molecule has 1 aromatic rings. The number of ether oxygens (including phenoxy) is 1. The van der Waals surface area contributed by atoms with Gasteiger partial charge in [-0.15, -0.1) is 0 Å². The Kier molecular flexibility index (Phi) is 4.37. The van der Waals surface area contributed by atoms with Crippen molar-refractivity contribution in [2.75, 3.05) is 32.0 Å². The van der Waals surface area contributed by atoms with Crippen LogP contribution in [0.25, 0.3) is 0 Å². The molecule has 1 aliphatic rings.